The van der Waals surface area contributed by atoms with Crippen molar-refractivity contribution in [3.05, 3.63) is 41.7 Å². The van der Waals surface area contributed by atoms with Crippen LogP contribution < -0.4 is 5.32 Å². The summed E-state index contributed by atoms with van der Waals surface area (Å²) in [6.07, 6.45) is 3.15. The van der Waals surface area contributed by atoms with Gasteiger partial charge in [-0.2, -0.15) is 4.98 Å². The number of rotatable bonds is 4. The van der Waals surface area contributed by atoms with Gasteiger partial charge >= 0.3 is 0 Å². The molecule has 1 aliphatic rings. The van der Waals surface area contributed by atoms with Crippen molar-refractivity contribution < 1.29 is 18.0 Å². The first kappa shape index (κ1) is 16.8. The number of aryl methyl sites for hydroxylation is 1. The molecule has 3 heterocycles. The average Bonchev–Trinajstić information content (AvgIpc) is 3.07. The summed E-state index contributed by atoms with van der Waals surface area (Å²) in [6, 6.07) is 1.79. The molecule has 0 amide bonds. The third-order valence-electron chi connectivity index (χ3n) is 4.43. The van der Waals surface area contributed by atoms with Crippen LogP contribution in [0.15, 0.2) is 22.9 Å². The second-order valence-corrected chi connectivity index (χ2v) is 6.26. The molecule has 0 radical (unpaired) electrons. The van der Waals surface area contributed by atoms with E-state index < -0.39 is 11.6 Å². The molecule has 0 bridgehead atoms. The molecule has 3 aromatic rings. The molecular weight excluding hydrogens is 344 g/mol. The Bertz CT molecular complexity index is 927. The molecule has 4 rings (SSSR count). The maximum absolute atomic E-state index is 13.5. The zero-order valence-electron chi connectivity index (χ0n) is 14.1. The number of ether oxygens (including phenoxy) is 1. The average molecular weight is 361 g/mol. The number of hydrogen-bond donors (Lipinski definition) is 1. The quantitative estimate of drug-likeness (QED) is 0.764. The lowest BCUT2D eigenvalue weighted by Gasteiger charge is -2.28. The van der Waals surface area contributed by atoms with Gasteiger partial charge in [-0.15, -0.1) is 0 Å². The molecule has 136 valence electrons. The van der Waals surface area contributed by atoms with Crippen LogP contribution in [-0.4, -0.2) is 33.3 Å². The molecule has 7 nitrogen and oxygen atoms in total. The second kappa shape index (κ2) is 6.91. The van der Waals surface area contributed by atoms with Crippen LogP contribution in [0.4, 0.5) is 14.6 Å². The number of fused-ring (bicyclic) bond motifs is 1. The molecule has 0 unspecified atom stereocenters. The van der Waals surface area contributed by atoms with Crippen LogP contribution in [0.3, 0.4) is 0 Å². The van der Waals surface area contributed by atoms with Gasteiger partial charge in [0.1, 0.15) is 11.9 Å². The Morgan fingerprint density at radius 1 is 1.12 bits per heavy atom. The molecule has 9 heteroatoms. The van der Waals surface area contributed by atoms with E-state index in [0.717, 1.165) is 25.0 Å². The first-order valence-electron chi connectivity index (χ1n) is 8.36. The van der Waals surface area contributed by atoms with Crippen molar-refractivity contribution in [3.63, 3.8) is 0 Å². The number of nitrogens with zero attached hydrogens (tertiary/aromatic N) is 4. The molecule has 1 N–H and O–H groups in total. The van der Waals surface area contributed by atoms with Crippen molar-refractivity contribution in [2.45, 2.75) is 25.8 Å². The van der Waals surface area contributed by atoms with Crippen LogP contribution in [0, 0.1) is 24.5 Å². The SMILES string of the molecule is Cc1noc([C@@H](Nc2cnc3cc(F)c(F)cc3n2)C2CCOCC2)n1. The summed E-state index contributed by atoms with van der Waals surface area (Å²) < 4.78 is 37.6. The molecular formula is C17H17F2N5O2. The minimum atomic E-state index is -0.961. The van der Waals surface area contributed by atoms with Crippen molar-refractivity contribution in [2.24, 2.45) is 5.92 Å². The first-order valence-corrected chi connectivity index (χ1v) is 8.36. The van der Waals surface area contributed by atoms with Gasteiger partial charge in [-0.1, -0.05) is 5.16 Å². The lowest BCUT2D eigenvalue weighted by atomic mass is 9.91. The Kier molecular flexibility index (Phi) is 4.46. The van der Waals surface area contributed by atoms with E-state index in [9.17, 15) is 8.78 Å². The molecule has 2 aromatic heterocycles. The third-order valence-corrected chi connectivity index (χ3v) is 4.43. The van der Waals surface area contributed by atoms with Crippen molar-refractivity contribution in [2.75, 3.05) is 18.5 Å². The third kappa shape index (κ3) is 3.34. The largest absolute Gasteiger partial charge is 0.381 e. The number of aromatic nitrogens is 4. The van der Waals surface area contributed by atoms with Crippen molar-refractivity contribution in [3.8, 4) is 0 Å². The van der Waals surface area contributed by atoms with E-state index in [1.54, 1.807) is 6.92 Å². The van der Waals surface area contributed by atoms with E-state index >= 15 is 0 Å². The summed E-state index contributed by atoms with van der Waals surface area (Å²) in [5.41, 5.74) is 0.548. The van der Waals surface area contributed by atoms with E-state index in [4.69, 9.17) is 9.26 Å². The number of nitrogens with one attached hydrogen (secondary N) is 1. The molecule has 26 heavy (non-hydrogen) atoms. The van der Waals surface area contributed by atoms with E-state index in [2.05, 4.69) is 25.4 Å². The van der Waals surface area contributed by atoms with E-state index in [-0.39, 0.29) is 23.0 Å². The Morgan fingerprint density at radius 2 is 1.85 bits per heavy atom. The van der Waals surface area contributed by atoms with Gasteiger partial charge in [-0.3, -0.25) is 4.98 Å². The van der Waals surface area contributed by atoms with Gasteiger partial charge in [0, 0.05) is 25.3 Å². The van der Waals surface area contributed by atoms with Crippen LogP contribution in [0.25, 0.3) is 11.0 Å². The maximum atomic E-state index is 13.5. The summed E-state index contributed by atoms with van der Waals surface area (Å²) in [7, 11) is 0. The Morgan fingerprint density at radius 3 is 2.54 bits per heavy atom. The first-order chi connectivity index (χ1) is 12.6. The van der Waals surface area contributed by atoms with Gasteiger partial charge in [-0.25, -0.2) is 13.8 Å². The smallest absolute Gasteiger partial charge is 0.249 e. The standard InChI is InChI=1S/C17H17F2N5O2/c1-9-21-17(26-24-9)16(10-2-4-25-5-3-10)23-15-8-20-13-6-11(18)12(19)7-14(13)22-15/h6-8,10,16H,2-5H2,1H3,(H,22,23)/t16-/m0/s1. The van der Waals surface area contributed by atoms with Gasteiger partial charge in [0.15, 0.2) is 17.5 Å². The zero-order valence-corrected chi connectivity index (χ0v) is 14.1. The van der Waals surface area contributed by atoms with E-state index in [0.29, 0.717) is 30.7 Å². The van der Waals surface area contributed by atoms with Gasteiger partial charge in [0.2, 0.25) is 5.89 Å². The minimum Gasteiger partial charge on any atom is -0.381 e. The molecule has 1 aliphatic heterocycles. The van der Waals surface area contributed by atoms with Crippen molar-refractivity contribution in [1.29, 1.82) is 0 Å². The van der Waals surface area contributed by atoms with Gasteiger partial charge in [0.25, 0.3) is 0 Å². The minimum absolute atomic E-state index is 0.214. The van der Waals surface area contributed by atoms with E-state index in [1.807, 2.05) is 0 Å². The topological polar surface area (TPSA) is 86.0 Å². The molecule has 0 aliphatic carbocycles. The molecule has 0 saturated carbocycles. The summed E-state index contributed by atoms with van der Waals surface area (Å²) in [6.45, 7) is 3.06. The predicted octanol–water partition coefficient (Wildman–Crippen LogP) is 3.18. The molecule has 0 spiro atoms. The van der Waals surface area contributed by atoms with Crippen molar-refractivity contribution >= 4 is 16.9 Å². The molecule has 1 saturated heterocycles. The second-order valence-electron chi connectivity index (χ2n) is 6.26. The van der Waals surface area contributed by atoms with Crippen LogP contribution in [0.5, 0.6) is 0 Å². The molecule has 1 aromatic carbocycles. The Balaban J connectivity index is 1.66. The van der Waals surface area contributed by atoms with Crippen LogP contribution >= 0.6 is 0 Å². The number of hydrogen-bond acceptors (Lipinski definition) is 7. The van der Waals surface area contributed by atoms with Gasteiger partial charge < -0.3 is 14.6 Å². The molecule has 1 fully saturated rings. The van der Waals surface area contributed by atoms with Gasteiger partial charge in [0.05, 0.1) is 17.2 Å². The van der Waals surface area contributed by atoms with E-state index in [1.165, 1.54) is 6.20 Å². The number of halogens is 2. The normalized spacial score (nSPS) is 16.7. The fraction of sp³-hybridized carbons (Fsp3) is 0.412. The number of benzene rings is 1. The highest BCUT2D eigenvalue weighted by molar-refractivity contribution is 5.75. The lowest BCUT2D eigenvalue weighted by molar-refractivity contribution is 0.0570. The fourth-order valence-electron chi connectivity index (χ4n) is 3.11. The maximum Gasteiger partial charge on any atom is 0.249 e. The summed E-state index contributed by atoms with van der Waals surface area (Å²) in [5, 5.41) is 7.12. The summed E-state index contributed by atoms with van der Waals surface area (Å²) in [5.74, 6) is -0.268. The number of anilines is 1. The highest BCUT2D eigenvalue weighted by Gasteiger charge is 2.30. The van der Waals surface area contributed by atoms with Crippen LogP contribution in [0.1, 0.15) is 30.6 Å². The lowest BCUT2D eigenvalue weighted by Crippen LogP contribution is -2.27. The van der Waals surface area contributed by atoms with Crippen LogP contribution in [-0.2, 0) is 4.74 Å². The van der Waals surface area contributed by atoms with Gasteiger partial charge in [-0.05, 0) is 25.7 Å². The Hall–Kier alpha value is -2.68. The monoisotopic (exact) mass is 361 g/mol. The summed E-state index contributed by atoms with van der Waals surface area (Å²) in [4.78, 5) is 12.8. The van der Waals surface area contributed by atoms with Crippen LogP contribution in [0.2, 0.25) is 0 Å². The zero-order chi connectivity index (χ0) is 18.1. The highest BCUT2D eigenvalue weighted by atomic mass is 19.2. The highest BCUT2D eigenvalue weighted by Crippen LogP contribution is 2.32. The fourth-order valence-corrected chi connectivity index (χ4v) is 3.11. The Labute approximate surface area is 147 Å². The van der Waals surface area contributed by atoms with Crippen molar-refractivity contribution in [1.82, 2.24) is 20.1 Å². The predicted molar refractivity (Wildman–Crippen MR) is 88.4 cm³/mol. The summed E-state index contributed by atoms with van der Waals surface area (Å²) >= 11 is 0. The molecule has 1 atom stereocenters.